The maximum Gasteiger partial charge on any atom is 0.167 e. The summed E-state index contributed by atoms with van der Waals surface area (Å²) in [5.41, 5.74) is 4.18. The number of H-pyrrole nitrogens is 1. The second-order valence-corrected chi connectivity index (χ2v) is 6.95. The lowest BCUT2D eigenvalue weighted by atomic mass is 10.1. The van der Waals surface area contributed by atoms with Gasteiger partial charge in [0.15, 0.2) is 5.82 Å². The fraction of sp³-hybridized carbons (Fsp3) is 0.421. The molecule has 1 aromatic carbocycles. The van der Waals surface area contributed by atoms with E-state index >= 15 is 0 Å². The highest BCUT2D eigenvalue weighted by molar-refractivity contribution is 5.37. The predicted octanol–water partition coefficient (Wildman–Crippen LogP) is 3.39. The van der Waals surface area contributed by atoms with Crippen LogP contribution in [0.25, 0.3) is 5.69 Å². The SMILES string of the molecule is Cc1nc([C@@H]2CCCN2Cc2c(C)nn(-c3ccc(F)cc3)c2C)n[nH]1. The Bertz CT molecular complexity index is 911. The number of rotatable bonds is 4. The van der Waals surface area contributed by atoms with Gasteiger partial charge in [-0.1, -0.05) is 0 Å². The van der Waals surface area contributed by atoms with Crippen LogP contribution < -0.4 is 0 Å². The number of nitrogens with zero attached hydrogens (tertiary/aromatic N) is 5. The summed E-state index contributed by atoms with van der Waals surface area (Å²) in [5.74, 6) is 1.49. The quantitative estimate of drug-likeness (QED) is 0.780. The standard InChI is InChI=1S/C19H23FN6/c1-12-17(13(2)26(24-12)16-8-6-15(20)7-9-16)11-25-10-4-5-18(25)19-21-14(3)22-23-19/h6-9,18H,4-5,10-11H2,1-3H3,(H,21,22,23)/t18-/m0/s1. The summed E-state index contributed by atoms with van der Waals surface area (Å²) in [6.45, 7) is 7.87. The zero-order valence-corrected chi connectivity index (χ0v) is 15.3. The normalized spacial score (nSPS) is 17.9. The fourth-order valence-electron chi connectivity index (χ4n) is 3.76. The van der Waals surface area contributed by atoms with E-state index in [2.05, 4.69) is 32.1 Å². The minimum Gasteiger partial charge on any atom is -0.289 e. The average Bonchev–Trinajstić information content (AvgIpc) is 3.31. The van der Waals surface area contributed by atoms with Crippen molar-refractivity contribution in [1.82, 2.24) is 29.9 Å². The van der Waals surface area contributed by atoms with Gasteiger partial charge in [0.1, 0.15) is 11.6 Å². The summed E-state index contributed by atoms with van der Waals surface area (Å²) in [5, 5.41) is 12.0. The van der Waals surface area contributed by atoms with Gasteiger partial charge in [0.05, 0.1) is 17.4 Å². The first-order chi connectivity index (χ1) is 12.5. The van der Waals surface area contributed by atoms with Crippen LogP contribution in [-0.4, -0.2) is 36.4 Å². The molecule has 26 heavy (non-hydrogen) atoms. The van der Waals surface area contributed by atoms with E-state index in [1.165, 1.54) is 17.7 Å². The van der Waals surface area contributed by atoms with Crippen LogP contribution in [-0.2, 0) is 6.54 Å². The van der Waals surface area contributed by atoms with Crippen molar-refractivity contribution in [3.05, 3.63) is 58.7 Å². The summed E-state index contributed by atoms with van der Waals surface area (Å²) in [4.78, 5) is 6.95. The number of hydrogen-bond donors (Lipinski definition) is 1. The Morgan fingerprint density at radius 3 is 2.65 bits per heavy atom. The molecule has 1 N–H and O–H groups in total. The summed E-state index contributed by atoms with van der Waals surface area (Å²) < 4.78 is 15.1. The molecule has 1 fully saturated rings. The van der Waals surface area contributed by atoms with E-state index in [4.69, 9.17) is 0 Å². The molecule has 1 aliphatic heterocycles. The highest BCUT2D eigenvalue weighted by Crippen LogP contribution is 2.32. The van der Waals surface area contributed by atoms with Crippen LogP contribution >= 0.6 is 0 Å². The van der Waals surface area contributed by atoms with Gasteiger partial charge in [0.25, 0.3) is 0 Å². The first-order valence-corrected chi connectivity index (χ1v) is 8.97. The van der Waals surface area contributed by atoms with Crippen molar-refractivity contribution in [3.63, 3.8) is 0 Å². The van der Waals surface area contributed by atoms with Crippen LogP contribution in [0.2, 0.25) is 0 Å². The van der Waals surface area contributed by atoms with Crippen molar-refractivity contribution in [2.45, 2.75) is 46.2 Å². The minimum atomic E-state index is -0.239. The summed E-state index contributed by atoms with van der Waals surface area (Å²) in [6, 6.07) is 6.69. The Balaban J connectivity index is 1.61. The van der Waals surface area contributed by atoms with Crippen molar-refractivity contribution < 1.29 is 4.39 Å². The molecule has 4 rings (SSSR count). The van der Waals surface area contributed by atoms with Crippen molar-refractivity contribution in [1.29, 1.82) is 0 Å². The smallest absolute Gasteiger partial charge is 0.167 e. The van der Waals surface area contributed by atoms with E-state index in [1.54, 1.807) is 12.1 Å². The molecule has 3 aromatic rings. The predicted molar refractivity (Wildman–Crippen MR) is 96.5 cm³/mol. The lowest BCUT2D eigenvalue weighted by Crippen LogP contribution is -2.24. The van der Waals surface area contributed by atoms with E-state index in [-0.39, 0.29) is 11.9 Å². The van der Waals surface area contributed by atoms with E-state index in [1.807, 2.05) is 18.5 Å². The fourth-order valence-corrected chi connectivity index (χ4v) is 3.76. The lowest BCUT2D eigenvalue weighted by Gasteiger charge is -2.22. The number of hydrogen-bond acceptors (Lipinski definition) is 4. The van der Waals surface area contributed by atoms with E-state index in [0.29, 0.717) is 0 Å². The van der Waals surface area contributed by atoms with Crippen LogP contribution in [0.5, 0.6) is 0 Å². The number of aryl methyl sites for hydroxylation is 2. The van der Waals surface area contributed by atoms with Gasteiger partial charge in [-0.25, -0.2) is 14.1 Å². The Morgan fingerprint density at radius 2 is 1.96 bits per heavy atom. The molecular formula is C19H23FN6. The number of benzene rings is 1. The number of aromatic amines is 1. The minimum absolute atomic E-state index is 0.239. The van der Waals surface area contributed by atoms with Gasteiger partial charge >= 0.3 is 0 Å². The zero-order valence-electron chi connectivity index (χ0n) is 15.3. The van der Waals surface area contributed by atoms with Gasteiger partial charge in [-0.3, -0.25) is 10.00 Å². The Morgan fingerprint density at radius 1 is 1.19 bits per heavy atom. The van der Waals surface area contributed by atoms with E-state index in [9.17, 15) is 4.39 Å². The Labute approximate surface area is 152 Å². The monoisotopic (exact) mass is 354 g/mol. The molecule has 136 valence electrons. The van der Waals surface area contributed by atoms with Crippen LogP contribution in [0.4, 0.5) is 4.39 Å². The maximum atomic E-state index is 13.2. The van der Waals surface area contributed by atoms with Crippen molar-refractivity contribution in [2.75, 3.05) is 6.54 Å². The number of nitrogens with one attached hydrogen (secondary N) is 1. The third kappa shape index (κ3) is 3.03. The molecule has 3 heterocycles. The summed E-state index contributed by atoms with van der Waals surface area (Å²) in [7, 11) is 0. The highest BCUT2D eigenvalue weighted by atomic mass is 19.1. The molecule has 6 nitrogen and oxygen atoms in total. The molecule has 1 atom stereocenters. The molecule has 0 amide bonds. The second kappa shape index (κ2) is 6.64. The molecule has 2 aromatic heterocycles. The molecule has 0 aliphatic carbocycles. The average molecular weight is 354 g/mol. The van der Waals surface area contributed by atoms with Crippen molar-refractivity contribution in [3.8, 4) is 5.69 Å². The molecule has 7 heteroatoms. The van der Waals surface area contributed by atoms with Gasteiger partial charge in [0.2, 0.25) is 0 Å². The van der Waals surface area contributed by atoms with Crippen LogP contribution in [0.1, 0.15) is 47.5 Å². The topological polar surface area (TPSA) is 62.6 Å². The molecule has 0 saturated carbocycles. The van der Waals surface area contributed by atoms with Crippen LogP contribution in [0.3, 0.4) is 0 Å². The van der Waals surface area contributed by atoms with Gasteiger partial charge < -0.3 is 0 Å². The molecule has 0 unspecified atom stereocenters. The largest absolute Gasteiger partial charge is 0.289 e. The number of aromatic nitrogens is 5. The first kappa shape index (κ1) is 16.9. The first-order valence-electron chi connectivity index (χ1n) is 8.97. The van der Waals surface area contributed by atoms with Gasteiger partial charge in [-0.05, 0) is 64.4 Å². The number of halogens is 1. The van der Waals surface area contributed by atoms with Gasteiger partial charge in [-0.15, -0.1) is 0 Å². The van der Waals surface area contributed by atoms with Gasteiger partial charge in [-0.2, -0.15) is 10.2 Å². The summed E-state index contributed by atoms with van der Waals surface area (Å²) >= 11 is 0. The van der Waals surface area contributed by atoms with Gasteiger partial charge in [0, 0.05) is 17.8 Å². The second-order valence-electron chi connectivity index (χ2n) is 6.95. The molecular weight excluding hydrogens is 331 g/mol. The number of likely N-dealkylation sites (tertiary alicyclic amines) is 1. The third-order valence-corrected chi connectivity index (χ3v) is 5.15. The molecule has 0 bridgehead atoms. The van der Waals surface area contributed by atoms with E-state index < -0.39 is 0 Å². The Kier molecular flexibility index (Phi) is 4.32. The third-order valence-electron chi connectivity index (χ3n) is 5.15. The van der Waals surface area contributed by atoms with Crippen LogP contribution in [0.15, 0.2) is 24.3 Å². The molecule has 1 saturated heterocycles. The maximum absolute atomic E-state index is 13.2. The highest BCUT2D eigenvalue weighted by Gasteiger charge is 2.30. The lowest BCUT2D eigenvalue weighted by molar-refractivity contribution is 0.239. The molecule has 1 aliphatic rings. The Hall–Kier alpha value is -2.54. The summed E-state index contributed by atoms with van der Waals surface area (Å²) in [6.07, 6.45) is 2.21. The van der Waals surface area contributed by atoms with Crippen molar-refractivity contribution >= 4 is 0 Å². The molecule has 0 radical (unpaired) electrons. The molecule has 0 spiro atoms. The van der Waals surface area contributed by atoms with Crippen LogP contribution in [0, 0.1) is 26.6 Å². The van der Waals surface area contributed by atoms with Crippen molar-refractivity contribution in [2.24, 2.45) is 0 Å². The zero-order chi connectivity index (χ0) is 18.3. The van der Waals surface area contributed by atoms with E-state index in [0.717, 1.165) is 54.7 Å².